The van der Waals surface area contributed by atoms with Crippen molar-refractivity contribution < 1.29 is 0 Å². The second-order valence-corrected chi connectivity index (χ2v) is 6.96. The van der Waals surface area contributed by atoms with Crippen LogP contribution in [0.4, 0.5) is 0 Å². The fraction of sp³-hybridized carbons (Fsp3) is 0.0952. The molecule has 27 heavy (non-hydrogen) atoms. The highest BCUT2D eigenvalue weighted by Crippen LogP contribution is 2.28. The number of nitrogens with zero attached hydrogens (tertiary/aromatic N) is 4. The van der Waals surface area contributed by atoms with Gasteiger partial charge in [-0.2, -0.15) is 5.10 Å². The van der Waals surface area contributed by atoms with E-state index in [1.165, 1.54) is 0 Å². The summed E-state index contributed by atoms with van der Waals surface area (Å²) < 4.78 is 3.58. The molecular formula is C21H15ClN4O. The summed E-state index contributed by atoms with van der Waals surface area (Å²) in [4.78, 5) is 17.5. The van der Waals surface area contributed by atoms with Crippen molar-refractivity contribution in [3.8, 4) is 5.69 Å². The number of aromatic nitrogens is 4. The van der Waals surface area contributed by atoms with Crippen LogP contribution >= 0.6 is 11.6 Å². The Hall–Kier alpha value is -3.18. The molecule has 0 atom stereocenters. The molecule has 6 heteroatoms. The molecule has 2 aromatic heterocycles. The number of hydrogen-bond acceptors (Lipinski definition) is 3. The van der Waals surface area contributed by atoms with Crippen LogP contribution in [0.3, 0.4) is 0 Å². The number of benzene rings is 2. The third-order valence-electron chi connectivity index (χ3n) is 4.77. The van der Waals surface area contributed by atoms with Crippen molar-refractivity contribution in [3.63, 3.8) is 0 Å². The summed E-state index contributed by atoms with van der Waals surface area (Å²) in [5.41, 5.74) is 3.62. The van der Waals surface area contributed by atoms with E-state index in [1.807, 2.05) is 53.5 Å². The van der Waals surface area contributed by atoms with E-state index in [-0.39, 0.29) is 5.56 Å². The Morgan fingerprint density at radius 2 is 1.96 bits per heavy atom. The van der Waals surface area contributed by atoms with E-state index in [4.69, 9.17) is 16.6 Å². The molecule has 0 saturated heterocycles. The predicted octanol–water partition coefficient (Wildman–Crippen LogP) is 4.18. The zero-order valence-corrected chi connectivity index (χ0v) is 15.1. The summed E-state index contributed by atoms with van der Waals surface area (Å²) >= 11 is 6.07. The average Bonchev–Trinajstić information content (AvgIpc) is 3.31. The molecule has 1 aliphatic rings. The topological polar surface area (TPSA) is 52.7 Å². The molecule has 1 aliphatic heterocycles. The molecule has 0 aliphatic carbocycles. The van der Waals surface area contributed by atoms with Gasteiger partial charge in [-0.3, -0.25) is 9.36 Å². The largest absolute Gasteiger partial charge is 0.292 e. The molecule has 0 N–H and O–H groups in total. The summed E-state index contributed by atoms with van der Waals surface area (Å²) in [7, 11) is 0. The lowest BCUT2D eigenvalue weighted by Gasteiger charge is -2.05. The SMILES string of the molecule is O=c1c2ccc(Cl)cc2nc2n1CC/C2=C\c1cnn(-c2ccccc2)c1. The molecule has 5 nitrogen and oxygen atoms in total. The van der Waals surface area contributed by atoms with Crippen LogP contribution < -0.4 is 5.56 Å². The number of para-hydroxylation sites is 1. The maximum absolute atomic E-state index is 12.8. The van der Waals surface area contributed by atoms with Gasteiger partial charge < -0.3 is 0 Å². The summed E-state index contributed by atoms with van der Waals surface area (Å²) in [6.45, 7) is 0.637. The lowest BCUT2D eigenvalue weighted by Crippen LogP contribution is -2.20. The molecule has 0 bridgehead atoms. The van der Waals surface area contributed by atoms with E-state index >= 15 is 0 Å². The minimum atomic E-state index is -0.0185. The van der Waals surface area contributed by atoms with Gasteiger partial charge in [0.25, 0.3) is 5.56 Å². The zero-order chi connectivity index (χ0) is 18.4. The Bertz CT molecular complexity index is 1250. The van der Waals surface area contributed by atoms with Crippen LogP contribution in [0.25, 0.3) is 28.2 Å². The Kier molecular flexibility index (Phi) is 3.69. The average molecular weight is 375 g/mol. The molecule has 0 spiro atoms. The Morgan fingerprint density at radius 1 is 1.11 bits per heavy atom. The van der Waals surface area contributed by atoms with Crippen molar-refractivity contribution in [1.29, 1.82) is 0 Å². The lowest BCUT2D eigenvalue weighted by atomic mass is 10.1. The molecule has 3 heterocycles. The van der Waals surface area contributed by atoms with E-state index in [1.54, 1.807) is 22.8 Å². The summed E-state index contributed by atoms with van der Waals surface area (Å²) in [6, 6.07) is 15.2. The van der Waals surface area contributed by atoms with E-state index in [2.05, 4.69) is 5.10 Å². The molecule has 5 rings (SSSR count). The number of halogens is 1. The normalized spacial score (nSPS) is 14.8. The second kappa shape index (κ2) is 6.21. The van der Waals surface area contributed by atoms with Gasteiger partial charge in [0.2, 0.25) is 0 Å². The highest BCUT2D eigenvalue weighted by molar-refractivity contribution is 6.31. The van der Waals surface area contributed by atoms with Gasteiger partial charge in [0.1, 0.15) is 5.82 Å². The Labute approximate surface area is 160 Å². The van der Waals surface area contributed by atoms with Crippen molar-refractivity contribution >= 4 is 34.2 Å². The molecule has 0 unspecified atom stereocenters. The van der Waals surface area contributed by atoms with Crippen molar-refractivity contribution in [1.82, 2.24) is 19.3 Å². The molecule has 0 fully saturated rings. The first-order valence-corrected chi connectivity index (χ1v) is 9.08. The maximum Gasteiger partial charge on any atom is 0.261 e. The fourth-order valence-electron chi connectivity index (χ4n) is 3.46. The zero-order valence-electron chi connectivity index (χ0n) is 14.3. The van der Waals surface area contributed by atoms with Crippen molar-refractivity contribution in [3.05, 3.63) is 87.7 Å². The first kappa shape index (κ1) is 16.0. The summed E-state index contributed by atoms with van der Waals surface area (Å²) in [6.07, 6.45) is 6.61. The highest BCUT2D eigenvalue weighted by atomic mass is 35.5. The van der Waals surface area contributed by atoms with E-state index in [9.17, 15) is 4.79 Å². The van der Waals surface area contributed by atoms with Gasteiger partial charge in [-0.15, -0.1) is 0 Å². The van der Waals surface area contributed by atoms with Gasteiger partial charge in [0.15, 0.2) is 0 Å². The number of hydrogen-bond donors (Lipinski definition) is 0. The third kappa shape index (κ3) is 2.76. The van der Waals surface area contributed by atoms with Crippen molar-refractivity contribution in [2.75, 3.05) is 0 Å². The van der Waals surface area contributed by atoms with Gasteiger partial charge in [0.05, 0.1) is 22.8 Å². The minimum absolute atomic E-state index is 0.0185. The number of fused-ring (bicyclic) bond motifs is 2. The van der Waals surface area contributed by atoms with Crippen LogP contribution in [-0.4, -0.2) is 19.3 Å². The molecular weight excluding hydrogens is 360 g/mol. The van der Waals surface area contributed by atoms with Crippen LogP contribution in [-0.2, 0) is 6.54 Å². The highest BCUT2D eigenvalue weighted by Gasteiger charge is 2.21. The lowest BCUT2D eigenvalue weighted by molar-refractivity contribution is 0.725. The van der Waals surface area contributed by atoms with Crippen LogP contribution in [0.2, 0.25) is 5.02 Å². The first-order chi connectivity index (χ1) is 13.2. The molecule has 0 amide bonds. The Balaban J connectivity index is 1.58. The molecule has 132 valence electrons. The maximum atomic E-state index is 12.8. The summed E-state index contributed by atoms with van der Waals surface area (Å²) in [5, 5.41) is 5.60. The van der Waals surface area contributed by atoms with Crippen LogP contribution in [0.15, 0.2) is 65.7 Å². The molecule has 4 aromatic rings. The van der Waals surface area contributed by atoms with Crippen molar-refractivity contribution in [2.45, 2.75) is 13.0 Å². The van der Waals surface area contributed by atoms with Crippen LogP contribution in [0, 0.1) is 0 Å². The summed E-state index contributed by atoms with van der Waals surface area (Å²) in [5.74, 6) is 0.710. The number of allylic oxidation sites excluding steroid dienone is 1. The van der Waals surface area contributed by atoms with E-state index in [0.29, 0.717) is 28.3 Å². The fourth-order valence-corrected chi connectivity index (χ4v) is 3.63. The first-order valence-electron chi connectivity index (χ1n) is 8.70. The Morgan fingerprint density at radius 3 is 2.81 bits per heavy atom. The standard InChI is InChI=1S/C21H15ClN4O/c22-16-6-7-18-19(11-16)24-20-15(8-9-25(20)21(18)27)10-14-12-23-26(13-14)17-4-2-1-3-5-17/h1-7,10-13H,8-9H2/b15-10+. The molecule has 0 saturated carbocycles. The van der Waals surface area contributed by atoms with Crippen LogP contribution in [0.1, 0.15) is 17.8 Å². The minimum Gasteiger partial charge on any atom is -0.292 e. The quantitative estimate of drug-likeness (QED) is 0.529. The molecule has 2 aromatic carbocycles. The van der Waals surface area contributed by atoms with Gasteiger partial charge in [-0.1, -0.05) is 29.8 Å². The van der Waals surface area contributed by atoms with E-state index < -0.39 is 0 Å². The van der Waals surface area contributed by atoms with E-state index in [0.717, 1.165) is 23.2 Å². The predicted molar refractivity (Wildman–Crippen MR) is 107 cm³/mol. The number of rotatable bonds is 2. The monoisotopic (exact) mass is 374 g/mol. The van der Waals surface area contributed by atoms with Crippen LogP contribution in [0.5, 0.6) is 0 Å². The van der Waals surface area contributed by atoms with Gasteiger partial charge in [-0.05, 0) is 48.4 Å². The van der Waals surface area contributed by atoms with Gasteiger partial charge in [0, 0.05) is 23.3 Å². The van der Waals surface area contributed by atoms with Gasteiger partial charge in [-0.25, -0.2) is 9.67 Å². The second-order valence-electron chi connectivity index (χ2n) is 6.53. The smallest absolute Gasteiger partial charge is 0.261 e. The van der Waals surface area contributed by atoms with Gasteiger partial charge >= 0.3 is 0 Å². The third-order valence-corrected chi connectivity index (χ3v) is 5.01. The molecule has 0 radical (unpaired) electrons. The van der Waals surface area contributed by atoms with Crippen molar-refractivity contribution in [2.24, 2.45) is 0 Å².